The van der Waals surface area contributed by atoms with Gasteiger partial charge in [0, 0.05) is 18.5 Å². The van der Waals surface area contributed by atoms with E-state index in [0.29, 0.717) is 18.0 Å². The molecular weight excluding hydrogens is 318 g/mol. The van der Waals surface area contributed by atoms with E-state index in [1.54, 1.807) is 6.07 Å². The van der Waals surface area contributed by atoms with E-state index in [4.69, 9.17) is 5.73 Å². The summed E-state index contributed by atoms with van der Waals surface area (Å²) < 4.78 is 27.3. The van der Waals surface area contributed by atoms with Crippen molar-refractivity contribution in [3.05, 3.63) is 70.8 Å². The molecule has 1 atom stereocenters. The maximum absolute atomic E-state index is 14.1. The second-order valence-corrected chi connectivity index (χ2v) is 7.11. The molecule has 0 saturated carbocycles. The molecule has 1 unspecified atom stereocenters. The summed E-state index contributed by atoms with van der Waals surface area (Å²) in [6, 6.07) is 12.5. The lowest BCUT2D eigenvalue weighted by molar-refractivity contribution is 0.162. The minimum Gasteiger partial charge on any atom is -0.330 e. The molecule has 1 saturated heterocycles. The number of aryl methyl sites for hydroxylation is 1. The minimum atomic E-state index is -0.537. The first-order chi connectivity index (χ1) is 12.1. The molecule has 25 heavy (non-hydrogen) atoms. The highest BCUT2D eigenvalue weighted by Gasteiger charge is 2.28. The summed E-state index contributed by atoms with van der Waals surface area (Å²) in [4.78, 5) is 2.44. The third kappa shape index (κ3) is 4.44. The topological polar surface area (TPSA) is 29.3 Å². The predicted molar refractivity (Wildman–Crippen MR) is 97.3 cm³/mol. The lowest BCUT2D eigenvalue weighted by atomic mass is 9.80. The monoisotopic (exact) mass is 344 g/mol. The summed E-state index contributed by atoms with van der Waals surface area (Å²) >= 11 is 0. The zero-order valence-corrected chi connectivity index (χ0v) is 14.7. The van der Waals surface area contributed by atoms with Crippen molar-refractivity contribution in [1.29, 1.82) is 0 Å². The molecule has 0 bridgehead atoms. The molecule has 0 spiro atoms. The normalized spacial score (nSPS) is 17.6. The van der Waals surface area contributed by atoms with Crippen molar-refractivity contribution in [1.82, 2.24) is 4.90 Å². The maximum atomic E-state index is 14.1. The van der Waals surface area contributed by atoms with Crippen molar-refractivity contribution in [2.75, 3.05) is 19.6 Å². The average molecular weight is 344 g/mol. The Morgan fingerprint density at radius 3 is 2.36 bits per heavy atom. The zero-order chi connectivity index (χ0) is 17.8. The first-order valence-electron chi connectivity index (χ1n) is 8.99. The van der Waals surface area contributed by atoms with Crippen molar-refractivity contribution in [3.8, 4) is 0 Å². The second kappa shape index (κ2) is 8.07. The average Bonchev–Trinajstić information content (AvgIpc) is 2.61. The number of hydrogen-bond acceptors (Lipinski definition) is 2. The summed E-state index contributed by atoms with van der Waals surface area (Å²) in [6.45, 7) is 5.41. The van der Waals surface area contributed by atoms with Crippen LogP contribution >= 0.6 is 0 Å². The Labute approximate surface area is 148 Å². The van der Waals surface area contributed by atoms with E-state index in [1.807, 2.05) is 0 Å². The van der Waals surface area contributed by atoms with E-state index in [1.165, 1.54) is 17.2 Å². The first-order valence-corrected chi connectivity index (χ1v) is 8.99. The first kappa shape index (κ1) is 18.0. The van der Waals surface area contributed by atoms with E-state index >= 15 is 0 Å². The van der Waals surface area contributed by atoms with Crippen LogP contribution in [0.25, 0.3) is 0 Å². The van der Waals surface area contributed by atoms with Crippen molar-refractivity contribution in [3.63, 3.8) is 0 Å². The number of benzene rings is 2. The Balaban J connectivity index is 1.61. The van der Waals surface area contributed by atoms with Gasteiger partial charge in [-0.15, -0.1) is 0 Å². The van der Waals surface area contributed by atoms with E-state index in [0.717, 1.165) is 38.5 Å². The largest absolute Gasteiger partial charge is 0.330 e. The minimum absolute atomic E-state index is 0.0397. The van der Waals surface area contributed by atoms with Gasteiger partial charge in [-0.2, -0.15) is 0 Å². The van der Waals surface area contributed by atoms with Gasteiger partial charge in [0.05, 0.1) is 0 Å². The van der Waals surface area contributed by atoms with Crippen molar-refractivity contribution >= 4 is 0 Å². The van der Waals surface area contributed by atoms with E-state index < -0.39 is 11.6 Å². The van der Waals surface area contributed by atoms with Crippen LogP contribution in [0.2, 0.25) is 0 Å². The van der Waals surface area contributed by atoms with Gasteiger partial charge in [0.1, 0.15) is 11.6 Å². The number of rotatable bonds is 5. The lowest BCUT2D eigenvalue weighted by Crippen LogP contribution is -2.37. The Bertz CT molecular complexity index is 692. The standard InChI is InChI=1S/C21H26F2N2/c1-15-2-4-16(5-3-15)14-25-10-8-17(9-11-25)20(13-24)19-7-6-18(22)12-21(19)23/h2-7,12,17,20H,8-11,13-14,24H2,1H3. The van der Waals surface area contributed by atoms with Gasteiger partial charge in [-0.3, -0.25) is 4.90 Å². The highest BCUT2D eigenvalue weighted by atomic mass is 19.1. The fourth-order valence-corrected chi connectivity index (χ4v) is 3.84. The van der Waals surface area contributed by atoms with E-state index in [9.17, 15) is 8.78 Å². The van der Waals surface area contributed by atoms with E-state index in [-0.39, 0.29) is 5.92 Å². The van der Waals surface area contributed by atoms with Crippen LogP contribution in [-0.4, -0.2) is 24.5 Å². The molecule has 0 amide bonds. The fourth-order valence-electron chi connectivity index (χ4n) is 3.84. The SMILES string of the molecule is Cc1ccc(CN2CCC(C(CN)c3ccc(F)cc3F)CC2)cc1. The van der Waals surface area contributed by atoms with Crippen LogP contribution in [-0.2, 0) is 6.54 Å². The molecule has 2 N–H and O–H groups in total. The Morgan fingerprint density at radius 2 is 1.76 bits per heavy atom. The molecule has 0 radical (unpaired) electrons. The highest BCUT2D eigenvalue weighted by molar-refractivity contribution is 5.24. The summed E-state index contributed by atoms with van der Waals surface area (Å²) in [5.74, 6) is -0.705. The second-order valence-electron chi connectivity index (χ2n) is 7.11. The lowest BCUT2D eigenvalue weighted by Gasteiger charge is -2.36. The van der Waals surface area contributed by atoms with Crippen molar-refractivity contribution in [2.45, 2.75) is 32.2 Å². The van der Waals surface area contributed by atoms with Crippen LogP contribution < -0.4 is 5.73 Å². The van der Waals surface area contributed by atoms with Gasteiger partial charge in [0.15, 0.2) is 0 Å². The van der Waals surface area contributed by atoms with Crippen LogP contribution in [0, 0.1) is 24.5 Å². The molecule has 3 rings (SSSR count). The summed E-state index contributed by atoms with van der Waals surface area (Å²) in [7, 11) is 0. The summed E-state index contributed by atoms with van der Waals surface area (Å²) in [6.07, 6.45) is 1.98. The van der Waals surface area contributed by atoms with Crippen LogP contribution in [0.3, 0.4) is 0 Å². The number of piperidine rings is 1. The molecule has 1 aliphatic rings. The smallest absolute Gasteiger partial charge is 0.129 e. The van der Waals surface area contributed by atoms with Gasteiger partial charge in [-0.1, -0.05) is 35.9 Å². The molecule has 1 fully saturated rings. The number of nitrogens with zero attached hydrogens (tertiary/aromatic N) is 1. The van der Waals surface area contributed by atoms with Gasteiger partial charge in [0.25, 0.3) is 0 Å². The third-order valence-corrected chi connectivity index (χ3v) is 5.34. The molecule has 4 heteroatoms. The molecular formula is C21H26F2N2. The number of nitrogens with two attached hydrogens (primary N) is 1. The van der Waals surface area contributed by atoms with Gasteiger partial charge in [-0.05, 0) is 62.5 Å². The molecule has 0 aromatic heterocycles. The fraction of sp³-hybridized carbons (Fsp3) is 0.429. The molecule has 0 aliphatic carbocycles. The van der Waals surface area contributed by atoms with Crippen molar-refractivity contribution < 1.29 is 8.78 Å². The molecule has 2 aromatic carbocycles. The van der Waals surface area contributed by atoms with Crippen LogP contribution in [0.1, 0.15) is 35.4 Å². The van der Waals surface area contributed by atoms with Crippen LogP contribution in [0.5, 0.6) is 0 Å². The number of halogens is 2. The maximum Gasteiger partial charge on any atom is 0.129 e. The predicted octanol–water partition coefficient (Wildman–Crippen LogP) is 4.23. The Kier molecular flexibility index (Phi) is 5.82. The summed E-state index contributed by atoms with van der Waals surface area (Å²) in [5.41, 5.74) is 9.09. The number of hydrogen-bond donors (Lipinski definition) is 1. The Morgan fingerprint density at radius 1 is 1.08 bits per heavy atom. The third-order valence-electron chi connectivity index (χ3n) is 5.34. The van der Waals surface area contributed by atoms with Crippen LogP contribution in [0.4, 0.5) is 8.78 Å². The quantitative estimate of drug-likeness (QED) is 0.879. The Hall–Kier alpha value is -1.78. The van der Waals surface area contributed by atoms with Gasteiger partial charge in [0.2, 0.25) is 0 Å². The molecule has 2 nitrogen and oxygen atoms in total. The van der Waals surface area contributed by atoms with Crippen molar-refractivity contribution in [2.24, 2.45) is 11.7 Å². The number of likely N-dealkylation sites (tertiary alicyclic amines) is 1. The summed E-state index contributed by atoms with van der Waals surface area (Å²) in [5, 5.41) is 0. The molecule has 1 heterocycles. The van der Waals surface area contributed by atoms with Gasteiger partial charge >= 0.3 is 0 Å². The molecule has 134 valence electrons. The van der Waals surface area contributed by atoms with Gasteiger partial charge in [-0.25, -0.2) is 8.78 Å². The van der Waals surface area contributed by atoms with E-state index in [2.05, 4.69) is 36.1 Å². The zero-order valence-electron chi connectivity index (χ0n) is 14.7. The molecule has 1 aliphatic heterocycles. The van der Waals surface area contributed by atoms with Gasteiger partial charge < -0.3 is 5.73 Å². The van der Waals surface area contributed by atoms with Crippen LogP contribution in [0.15, 0.2) is 42.5 Å². The molecule has 2 aromatic rings. The highest BCUT2D eigenvalue weighted by Crippen LogP contribution is 2.34.